The van der Waals surface area contributed by atoms with Gasteiger partial charge in [-0.1, -0.05) is 48.5 Å². The second-order valence-corrected chi connectivity index (χ2v) is 6.11. The molecule has 26 heavy (non-hydrogen) atoms. The Kier molecular flexibility index (Phi) is 4.85. The van der Waals surface area contributed by atoms with Crippen molar-refractivity contribution in [1.82, 2.24) is 0 Å². The number of carbonyl (C=O) groups excluding carboxylic acids is 1. The lowest BCUT2D eigenvalue weighted by molar-refractivity contribution is -0.113. The van der Waals surface area contributed by atoms with Crippen LogP contribution in [0.5, 0.6) is 0 Å². The Morgan fingerprint density at radius 2 is 1.58 bits per heavy atom. The molecule has 1 N–H and O–H groups in total. The molecule has 3 aromatic rings. The molecule has 0 aromatic heterocycles. The number of rotatable bonds is 4. The van der Waals surface area contributed by atoms with Gasteiger partial charge < -0.3 is 10.0 Å². The number of benzene rings is 3. The third-order valence-electron chi connectivity index (χ3n) is 4.37. The van der Waals surface area contributed by atoms with E-state index in [4.69, 9.17) is 0 Å². The molecule has 0 bridgehead atoms. The van der Waals surface area contributed by atoms with Crippen molar-refractivity contribution < 1.29 is 14.7 Å². The summed E-state index contributed by atoms with van der Waals surface area (Å²) < 4.78 is 0. The maximum atomic E-state index is 12.6. The van der Waals surface area contributed by atoms with Gasteiger partial charge in [0, 0.05) is 13.1 Å². The van der Waals surface area contributed by atoms with Crippen LogP contribution >= 0.6 is 0 Å². The van der Waals surface area contributed by atoms with Crippen LogP contribution in [0.4, 0.5) is 5.69 Å². The Morgan fingerprint density at radius 1 is 0.923 bits per heavy atom. The fourth-order valence-electron chi connectivity index (χ4n) is 2.87. The minimum Gasteiger partial charge on any atom is -0.478 e. The third kappa shape index (κ3) is 3.49. The summed E-state index contributed by atoms with van der Waals surface area (Å²) in [6.45, 7) is 1.87. The third-order valence-corrected chi connectivity index (χ3v) is 4.37. The van der Waals surface area contributed by atoms with Gasteiger partial charge in [-0.15, -0.1) is 0 Å². The van der Waals surface area contributed by atoms with E-state index in [2.05, 4.69) is 0 Å². The van der Waals surface area contributed by atoms with Crippen molar-refractivity contribution in [3.05, 3.63) is 83.9 Å². The molecule has 0 radical (unpaired) electrons. The number of amides is 1. The standard InChI is InChI=1S/C22H19NO3/c1-15(17-12-11-16-7-3-4-8-18(16)14-17)13-21(24)23(2)20-10-6-5-9-19(20)22(25)26/h3-14H,1-2H3,(H,25,26). The van der Waals surface area contributed by atoms with E-state index >= 15 is 0 Å². The van der Waals surface area contributed by atoms with E-state index in [-0.39, 0.29) is 11.5 Å². The number of hydrogen-bond acceptors (Lipinski definition) is 2. The Morgan fingerprint density at radius 3 is 2.31 bits per heavy atom. The summed E-state index contributed by atoms with van der Waals surface area (Å²) in [6, 6.07) is 20.6. The van der Waals surface area contributed by atoms with Crippen LogP contribution in [0.1, 0.15) is 22.8 Å². The highest BCUT2D eigenvalue weighted by Gasteiger charge is 2.16. The number of anilines is 1. The summed E-state index contributed by atoms with van der Waals surface area (Å²) in [4.78, 5) is 25.3. The van der Waals surface area contributed by atoms with Crippen LogP contribution < -0.4 is 4.90 Å². The molecule has 1 amide bonds. The summed E-state index contributed by atoms with van der Waals surface area (Å²) in [5.41, 5.74) is 2.24. The Bertz CT molecular complexity index is 1020. The molecule has 0 fully saturated rings. The SMILES string of the molecule is CC(=CC(=O)N(C)c1ccccc1C(=O)O)c1ccc2ccccc2c1. The number of carbonyl (C=O) groups is 2. The summed E-state index contributed by atoms with van der Waals surface area (Å²) in [5, 5.41) is 11.6. The minimum atomic E-state index is -1.06. The van der Waals surface area contributed by atoms with E-state index in [0.717, 1.165) is 21.9 Å². The zero-order valence-corrected chi connectivity index (χ0v) is 14.6. The second-order valence-electron chi connectivity index (χ2n) is 6.11. The smallest absolute Gasteiger partial charge is 0.337 e. The Hall–Kier alpha value is -3.40. The van der Waals surface area contributed by atoms with Crippen molar-refractivity contribution in [3.8, 4) is 0 Å². The van der Waals surface area contributed by atoms with Gasteiger partial charge in [-0.25, -0.2) is 4.79 Å². The van der Waals surface area contributed by atoms with Crippen molar-refractivity contribution in [2.24, 2.45) is 0 Å². The molecule has 0 unspecified atom stereocenters. The van der Waals surface area contributed by atoms with Gasteiger partial charge in [-0.3, -0.25) is 4.79 Å². The largest absolute Gasteiger partial charge is 0.478 e. The van der Waals surface area contributed by atoms with Gasteiger partial charge in [0.2, 0.25) is 0 Å². The molecule has 3 rings (SSSR count). The molecule has 0 heterocycles. The van der Waals surface area contributed by atoms with Crippen LogP contribution in [0.2, 0.25) is 0 Å². The van der Waals surface area contributed by atoms with E-state index in [1.807, 2.05) is 49.4 Å². The number of hydrogen-bond donors (Lipinski definition) is 1. The molecular weight excluding hydrogens is 326 g/mol. The average Bonchev–Trinajstić information content (AvgIpc) is 2.66. The van der Waals surface area contributed by atoms with Crippen LogP contribution in [0.3, 0.4) is 0 Å². The fourth-order valence-corrected chi connectivity index (χ4v) is 2.87. The molecule has 0 atom stereocenters. The molecule has 0 aliphatic carbocycles. The highest BCUT2D eigenvalue weighted by atomic mass is 16.4. The predicted molar refractivity (Wildman–Crippen MR) is 104 cm³/mol. The van der Waals surface area contributed by atoms with Crippen LogP contribution in [0.25, 0.3) is 16.3 Å². The number of para-hydroxylation sites is 1. The van der Waals surface area contributed by atoms with Gasteiger partial charge >= 0.3 is 5.97 Å². The number of carboxylic acid groups (broad SMARTS) is 1. The number of nitrogens with zero attached hydrogens (tertiary/aromatic N) is 1. The first kappa shape index (κ1) is 17.4. The van der Waals surface area contributed by atoms with Crippen molar-refractivity contribution in [3.63, 3.8) is 0 Å². The molecule has 0 saturated carbocycles. The quantitative estimate of drug-likeness (QED) is 0.703. The van der Waals surface area contributed by atoms with E-state index in [1.54, 1.807) is 25.2 Å². The second kappa shape index (κ2) is 7.23. The van der Waals surface area contributed by atoms with Crippen molar-refractivity contribution in [2.45, 2.75) is 6.92 Å². The number of likely N-dealkylation sites (N-methyl/N-ethyl adjacent to an activating group) is 1. The summed E-state index contributed by atoms with van der Waals surface area (Å²) in [6.07, 6.45) is 1.53. The first-order chi connectivity index (χ1) is 12.5. The van der Waals surface area contributed by atoms with Crippen LogP contribution in [-0.2, 0) is 4.79 Å². The van der Waals surface area contributed by atoms with Gasteiger partial charge in [-0.05, 0) is 47.0 Å². The molecule has 0 aliphatic rings. The first-order valence-corrected chi connectivity index (χ1v) is 8.25. The number of allylic oxidation sites excluding steroid dienone is 1. The summed E-state index contributed by atoms with van der Waals surface area (Å²) in [7, 11) is 1.58. The van der Waals surface area contributed by atoms with Gasteiger partial charge in [0.1, 0.15) is 0 Å². The lowest BCUT2D eigenvalue weighted by atomic mass is 10.0. The van der Waals surface area contributed by atoms with Crippen molar-refractivity contribution in [2.75, 3.05) is 11.9 Å². The zero-order valence-electron chi connectivity index (χ0n) is 14.6. The lowest BCUT2D eigenvalue weighted by Gasteiger charge is -2.18. The summed E-state index contributed by atoms with van der Waals surface area (Å²) in [5.74, 6) is -1.33. The molecule has 4 nitrogen and oxygen atoms in total. The fraction of sp³-hybridized carbons (Fsp3) is 0.0909. The lowest BCUT2D eigenvalue weighted by Crippen LogP contribution is -2.26. The van der Waals surface area contributed by atoms with E-state index < -0.39 is 5.97 Å². The molecular formula is C22H19NO3. The molecule has 0 saturated heterocycles. The van der Waals surface area contributed by atoms with Gasteiger partial charge in [0.05, 0.1) is 11.3 Å². The monoisotopic (exact) mass is 345 g/mol. The highest BCUT2D eigenvalue weighted by Crippen LogP contribution is 2.23. The molecule has 130 valence electrons. The maximum absolute atomic E-state index is 12.6. The number of aromatic carboxylic acids is 1. The molecule has 3 aromatic carbocycles. The Labute approximate surface area is 152 Å². The van der Waals surface area contributed by atoms with Crippen molar-refractivity contribution in [1.29, 1.82) is 0 Å². The Balaban J connectivity index is 1.90. The van der Waals surface area contributed by atoms with E-state index in [0.29, 0.717) is 5.69 Å². The summed E-state index contributed by atoms with van der Waals surface area (Å²) >= 11 is 0. The molecule has 4 heteroatoms. The minimum absolute atomic E-state index is 0.0973. The zero-order chi connectivity index (χ0) is 18.7. The first-order valence-electron chi connectivity index (χ1n) is 8.25. The number of fused-ring (bicyclic) bond motifs is 1. The molecule has 0 aliphatic heterocycles. The normalized spacial score (nSPS) is 11.4. The average molecular weight is 345 g/mol. The predicted octanol–water partition coefficient (Wildman–Crippen LogP) is 4.60. The topological polar surface area (TPSA) is 57.6 Å². The van der Waals surface area contributed by atoms with Gasteiger partial charge in [-0.2, -0.15) is 0 Å². The molecule has 0 spiro atoms. The van der Waals surface area contributed by atoms with E-state index in [9.17, 15) is 14.7 Å². The maximum Gasteiger partial charge on any atom is 0.337 e. The van der Waals surface area contributed by atoms with Gasteiger partial charge in [0.25, 0.3) is 5.91 Å². The highest BCUT2D eigenvalue weighted by molar-refractivity contribution is 6.08. The van der Waals surface area contributed by atoms with Crippen LogP contribution in [-0.4, -0.2) is 24.0 Å². The van der Waals surface area contributed by atoms with Crippen molar-refractivity contribution >= 4 is 33.9 Å². The van der Waals surface area contributed by atoms with E-state index in [1.165, 1.54) is 17.0 Å². The van der Waals surface area contributed by atoms with Crippen LogP contribution in [0, 0.1) is 0 Å². The number of carboxylic acids is 1. The van der Waals surface area contributed by atoms with Gasteiger partial charge in [0.15, 0.2) is 0 Å². The van der Waals surface area contributed by atoms with Crippen LogP contribution in [0.15, 0.2) is 72.8 Å².